The molecule has 1 aliphatic rings. The fourth-order valence-electron chi connectivity index (χ4n) is 2.76. The lowest BCUT2D eigenvalue weighted by Gasteiger charge is -2.33. The molecule has 1 saturated heterocycles. The van der Waals surface area contributed by atoms with E-state index in [1.54, 1.807) is 18.2 Å². The zero-order valence-electron chi connectivity index (χ0n) is 12.5. The molecule has 4 nitrogen and oxygen atoms in total. The molecule has 1 atom stereocenters. The third kappa shape index (κ3) is 4.32. The number of aliphatic hydroxyl groups excluding tert-OH is 1. The number of allylic oxidation sites excluding steroid dienone is 1. The summed E-state index contributed by atoms with van der Waals surface area (Å²) < 4.78 is 25.8. The number of hydrogen-bond acceptors (Lipinski definition) is 3. The Morgan fingerprint density at radius 3 is 2.45 bits per heavy atom. The van der Waals surface area contributed by atoms with Crippen LogP contribution < -0.4 is 0 Å². The smallest absolute Gasteiger partial charge is 0.214 e. The maximum absolute atomic E-state index is 12.1. The van der Waals surface area contributed by atoms with Gasteiger partial charge in [-0.05, 0) is 42.9 Å². The van der Waals surface area contributed by atoms with E-state index in [0.29, 0.717) is 37.4 Å². The topological polar surface area (TPSA) is 57.6 Å². The molecule has 0 saturated carbocycles. The zero-order chi connectivity index (χ0) is 16.2. The van der Waals surface area contributed by atoms with Gasteiger partial charge in [-0.1, -0.05) is 29.8 Å². The number of nitrogens with zero attached hydrogens (tertiary/aromatic N) is 1. The van der Waals surface area contributed by atoms with Gasteiger partial charge in [0, 0.05) is 18.1 Å². The number of piperidine rings is 1. The van der Waals surface area contributed by atoms with Crippen LogP contribution in [0.15, 0.2) is 36.9 Å². The van der Waals surface area contributed by atoms with Gasteiger partial charge < -0.3 is 5.11 Å². The molecule has 122 valence electrons. The van der Waals surface area contributed by atoms with Crippen molar-refractivity contribution in [3.63, 3.8) is 0 Å². The summed E-state index contributed by atoms with van der Waals surface area (Å²) in [7, 11) is -3.20. The van der Waals surface area contributed by atoms with Crippen molar-refractivity contribution >= 4 is 21.6 Å². The minimum absolute atomic E-state index is 0.0760. The van der Waals surface area contributed by atoms with Crippen molar-refractivity contribution in [2.45, 2.75) is 25.4 Å². The normalized spacial score (nSPS) is 19.0. The Morgan fingerprint density at radius 1 is 1.32 bits per heavy atom. The molecule has 1 aliphatic heterocycles. The predicted molar refractivity (Wildman–Crippen MR) is 89.3 cm³/mol. The SMILES string of the molecule is C=CCCS(=O)(=O)N1CCC([C@@H](O)c2ccc(Cl)cc2)CC1. The molecule has 1 N–H and O–H groups in total. The average Bonchev–Trinajstić information content (AvgIpc) is 2.53. The molecule has 0 unspecified atom stereocenters. The first kappa shape index (κ1) is 17.5. The summed E-state index contributed by atoms with van der Waals surface area (Å²) in [5.41, 5.74) is 0.831. The van der Waals surface area contributed by atoms with E-state index in [0.717, 1.165) is 5.56 Å². The lowest BCUT2D eigenvalue weighted by Crippen LogP contribution is -2.40. The zero-order valence-corrected chi connectivity index (χ0v) is 14.1. The molecule has 1 aromatic carbocycles. The van der Waals surface area contributed by atoms with Crippen molar-refractivity contribution in [1.29, 1.82) is 0 Å². The molecule has 0 bridgehead atoms. The third-order valence-electron chi connectivity index (χ3n) is 4.13. The number of hydrogen-bond donors (Lipinski definition) is 1. The third-order valence-corrected chi connectivity index (χ3v) is 6.29. The van der Waals surface area contributed by atoms with Crippen LogP contribution in [0.5, 0.6) is 0 Å². The van der Waals surface area contributed by atoms with Gasteiger partial charge in [0.05, 0.1) is 11.9 Å². The van der Waals surface area contributed by atoms with Crippen molar-refractivity contribution in [2.75, 3.05) is 18.8 Å². The van der Waals surface area contributed by atoms with Crippen molar-refractivity contribution in [3.05, 3.63) is 47.5 Å². The lowest BCUT2D eigenvalue weighted by atomic mass is 9.88. The van der Waals surface area contributed by atoms with Crippen LogP contribution in [0.3, 0.4) is 0 Å². The standard InChI is InChI=1S/C16H22ClNO3S/c1-2-3-12-22(20,21)18-10-8-14(9-11-18)16(19)13-4-6-15(17)7-5-13/h2,4-7,14,16,19H,1,3,8-12H2/t16-/m0/s1. The first-order chi connectivity index (χ1) is 10.4. The molecule has 22 heavy (non-hydrogen) atoms. The molecular formula is C16H22ClNO3S. The number of halogens is 1. The van der Waals surface area contributed by atoms with E-state index in [1.165, 1.54) is 4.31 Å². The molecule has 2 rings (SSSR count). The predicted octanol–water partition coefficient (Wildman–Crippen LogP) is 2.99. The van der Waals surface area contributed by atoms with Crippen LogP contribution in [0, 0.1) is 5.92 Å². The van der Waals surface area contributed by atoms with E-state index >= 15 is 0 Å². The molecule has 1 aromatic rings. The van der Waals surface area contributed by atoms with Gasteiger partial charge in [0.25, 0.3) is 0 Å². The average molecular weight is 344 g/mol. The summed E-state index contributed by atoms with van der Waals surface area (Å²) in [4.78, 5) is 0. The largest absolute Gasteiger partial charge is 0.388 e. The van der Waals surface area contributed by atoms with Gasteiger partial charge in [-0.3, -0.25) is 0 Å². The van der Waals surface area contributed by atoms with Gasteiger partial charge in [-0.25, -0.2) is 12.7 Å². The van der Waals surface area contributed by atoms with Gasteiger partial charge >= 0.3 is 0 Å². The van der Waals surface area contributed by atoms with E-state index < -0.39 is 16.1 Å². The number of sulfonamides is 1. The number of benzene rings is 1. The first-order valence-electron chi connectivity index (χ1n) is 7.46. The molecule has 0 spiro atoms. The summed E-state index contributed by atoms with van der Waals surface area (Å²) in [5, 5.41) is 11.1. The van der Waals surface area contributed by atoms with Gasteiger partial charge in [0.2, 0.25) is 10.0 Å². The van der Waals surface area contributed by atoms with Crippen molar-refractivity contribution in [2.24, 2.45) is 5.92 Å². The van der Waals surface area contributed by atoms with E-state index in [2.05, 4.69) is 6.58 Å². The summed E-state index contributed by atoms with van der Waals surface area (Å²) in [6.07, 6.45) is 2.84. The number of rotatable bonds is 6. The molecule has 0 amide bonds. The first-order valence-corrected chi connectivity index (χ1v) is 9.45. The van der Waals surface area contributed by atoms with Crippen molar-refractivity contribution in [3.8, 4) is 0 Å². The second-order valence-corrected chi connectivity index (χ2v) is 8.15. The van der Waals surface area contributed by atoms with Crippen molar-refractivity contribution in [1.82, 2.24) is 4.31 Å². The molecule has 0 aliphatic carbocycles. The highest BCUT2D eigenvalue weighted by Crippen LogP contribution is 2.32. The van der Waals surface area contributed by atoms with Crippen LogP contribution in [-0.4, -0.2) is 36.7 Å². The van der Waals surface area contributed by atoms with Crippen LogP contribution in [0.25, 0.3) is 0 Å². The minimum Gasteiger partial charge on any atom is -0.388 e. The molecule has 1 fully saturated rings. The highest BCUT2D eigenvalue weighted by atomic mass is 35.5. The highest BCUT2D eigenvalue weighted by Gasteiger charge is 2.31. The Balaban J connectivity index is 1.94. The van der Waals surface area contributed by atoms with E-state index in [4.69, 9.17) is 11.6 Å². The minimum atomic E-state index is -3.20. The Hall–Kier alpha value is -0.880. The van der Waals surface area contributed by atoms with Crippen LogP contribution >= 0.6 is 11.6 Å². The highest BCUT2D eigenvalue weighted by molar-refractivity contribution is 7.89. The van der Waals surface area contributed by atoms with Crippen LogP contribution in [0.2, 0.25) is 5.02 Å². The summed E-state index contributed by atoms with van der Waals surface area (Å²) in [6, 6.07) is 7.16. The van der Waals surface area contributed by atoms with Crippen molar-refractivity contribution < 1.29 is 13.5 Å². The maximum Gasteiger partial charge on any atom is 0.214 e. The van der Waals surface area contributed by atoms with Gasteiger partial charge in [-0.2, -0.15) is 0 Å². The molecule has 1 heterocycles. The Bertz CT molecular complexity index is 592. The quantitative estimate of drug-likeness (QED) is 0.808. The Morgan fingerprint density at radius 2 is 1.91 bits per heavy atom. The number of aliphatic hydroxyl groups is 1. The fraction of sp³-hybridized carbons (Fsp3) is 0.500. The van der Waals surface area contributed by atoms with Crippen LogP contribution in [0.1, 0.15) is 30.9 Å². The summed E-state index contributed by atoms with van der Waals surface area (Å²) in [5.74, 6) is 0.188. The fourth-order valence-corrected chi connectivity index (χ4v) is 4.38. The van der Waals surface area contributed by atoms with E-state index in [-0.39, 0.29) is 11.7 Å². The Labute approximate surface area is 137 Å². The lowest BCUT2D eigenvalue weighted by molar-refractivity contribution is 0.0760. The summed E-state index contributed by atoms with van der Waals surface area (Å²) >= 11 is 5.85. The maximum atomic E-state index is 12.1. The van der Waals surface area contributed by atoms with E-state index in [9.17, 15) is 13.5 Å². The summed E-state index contributed by atoms with van der Waals surface area (Å²) in [6.45, 7) is 4.49. The molecule has 6 heteroatoms. The molecule has 0 aromatic heterocycles. The monoisotopic (exact) mass is 343 g/mol. The van der Waals surface area contributed by atoms with E-state index in [1.807, 2.05) is 12.1 Å². The molecule has 0 radical (unpaired) electrons. The van der Waals surface area contributed by atoms with Crippen LogP contribution in [-0.2, 0) is 10.0 Å². The molecular weight excluding hydrogens is 322 g/mol. The van der Waals surface area contributed by atoms with Gasteiger partial charge in [0.15, 0.2) is 0 Å². The second-order valence-electron chi connectivity index (χ2n) is 5.63. The van der Waals surface area contributed by atoms with Crippen LogP contribution in [0.4, 0.5) is 0 Å². The van der Waals surface area contributed by atoms with Gasteiger partial charge in [-0.15, -0.1) is 6.58 Å². The second kappa shape index (κ2) is 7.59. The Kier molecular flexibility index (Phi) is 6.03. The van der Waals surface area contributed by atoms with Gasteiger partial charge in [0.1, 0.15) is 0 Å².